The molecular formula is C17H28IN3O2. The first-order valence-corrected chi connectivity index (χ1v) is 7.84. The highest BCUT2D eigenvalue weighted by Crippen LogP contribution is 2.27. The average Bonchev–Trinajstić information content (AvgIpc) is 2.55. The average molecular weight is 433 g/mol. The van der Waals surface area contributed by atoms with E-state index in [0.717, 1.165) is 48.6 Å². The van der Waals surface area contributed by atoms with Crippen LogP contribution >= 0.6 is 24.0 Å². The van der Waals surface area contributed by atoms with Crippen molar-refractivity contribution in [1.82, 2.24) is 10.2 Å². The number of likely N-dealkylation sites (tertiary alicyclic amines) is 1. The van der Waals surface area contributed by atoms with Crippen LogP contribution in [0.4, 0.5) is 0 Å². The highest BCUT2D eigenvalue weighted by atomic mass is 127. The van der Waals surface area contributed by atoms with Crippen LogP contribution in [-0.2, 0) is 6.54 Å². The molecule has 0 aliphatic carbocycles. The summed E-state index contributed by atoms with van der Waals surface area (Å²) in [6.07, 6.45) is 2.54. The molecule has 1 fully saturated rings. The molecule has 130 valence electrons. The van der Waals surface area contributed by atoms with Crippen LogP contribution in [0.5, 0.6) is 11.5 Å². The Kier molecular flexibility index (Phi) is 8.51. The number of hydrogen-bond donors (Lipinski definition) is 1. The molecule has 0 saturated carbocycles. The Morgan fingerprint density at radius 1 is 1.30 bits per heavy atom. The van der Waals surface area contributed by atoms with E-state index in [4.69, 9.17) is 9.47 Å². The molecule has 1 N–H and O–H groups in total. The van der Waals surface area contributed by atoms with Gasteiger partial charge in [-0.1, -0.05) is 13.0 Å². The van der Waals surface area contributed by atoms with Gasteiger partial charge in [0.25, 0.3) is 0 Å². The van der Waals surface area contributed by atoms with Gasteiger partial charge in [-0.3, -0.25) is 4.99 Å². The van der Waals surface area contributed by atoms with Crippen molar-refractivity contribution in [2.24, 2.45) is 10.9 Å². The molecule has 23 heavy (non-hydrogen) atoms. The van der Waals surface area contributed by atoms with Crippen LogP contribution in [0.15, 0.2) is 23.2 Å². The molecule has 0 bridgehead atoms. The van der Waals surface area contributed by atoms with Gasteiger partial charge in [0, 0.05) is 26.7 Å². The third-order valence-electron chi connectivity index (χ3n) is 4.07. The normalized spacial score (nSPS) is 18.2. The molecule has 5 nitrogen and oxygen atoms in total. The Hall–Kier alpha value is -1.18. The lowest BCUT2D eigenvalue weighted by Gasteiger charge is -2.33. The molecule has 1 aromatic rings. The molecule has 1 aliphatic rings. The molecular weight excluding hydrogens is 405 g/mol. The molecule has 1 heterocycles. The maximum Gasteiger partial charge on any atom is 0.193 e. The van der Waals surface area contributed by atoms with Crippen molar-refractivity contribution in [3.8, 4) is 11.5 Å². The summed E-state index contributed by atoms with van der Waals surface area (Å²) >= 11 is 0. The quantitative estimate of drug-likeness (QED) is 0.451. The molecule has 1 saturated heterocycles. The van der Waals surface area contributed by atoms with Gasteiger partial charge in [-0.05, 0) is 36.5 Å². The van der Waals surface area contributed by atoms with Crippen LogP contribution in [0, 0.1) is 5.92 Å². The fourth-order valence-corrected chi connectivity index (χ4v) is 2.89. The first kappa shape index (κ1) is 19.9. The van der Waals surface area contributed by atoms with Gasteiger partial charge in [-0.15, -0.1) is 24.0 Å². The first-order valence-electron chi connectivity index (χ1n) is 7.84. The number of halogens is 1. The first-order chi connectivity index (χ1) is 10.7. The van der Waals surface area contributed by atoms with Crippen LogP contribution in [0.3, 0.4) is 0 Å². The highest BCUT2D eigenvalue weighted by Gasteiger charge is 2.19. The van der Waals surface area contributed by atoms with E-state index in [1.165, 1.54) is 12.8 Å². The van der Waals surface area contributed by atoms with Crippen molar-refractivity contribution in [2.75, 3.05) is 34.4 Å². The summed E-state index contributed by atoms with van der Waals surface area (Å²) in [6.45, 7) is 5.17. The van der Waals surface area contributed by atoms with Gasteiger partial charge in [0.05, 0.1) is 14.2 Å². The number of nitrogens with zero attached hydrogens (tertiary/aromatic N) is 2. The summed E-state index contributed by atoms with van der Waals surface area (Å²) in [6, 6.07) is 5.97. The monoisotopic (exact) mass is 433 g/mol. The second kappa shape index (κ2) is 9.85. The zero-order chi connectivity index (χ0) is 15.9. The number of hydrogen-bond acceptors (Lipinski definition) is 3. The molecule has 0 aromatic heterocycles. The van der Waals surface area contributed by atoms with Gasteiger partial charge in [0.1, 0.15) is 0 Å². The summed E-state index contributed by atoms with van der Waals surface area (Å²) < 4.78 is 10.6. The fourth-order valence-electron chi connectivity index (χ4n) is 2.89. The Labute approximate surface area is 156 Å². The van der Waals surface area contributed by atoms with E-state index < -0.39 is 0 Å². The van der Waals surface area contributed by atoms with Crippen molar-refractivity contribution < 1.29 is 9.47 Å². The SMILES string of the molecule is CN=C(NCc1ccc(OC)c(OC)c1)N1CCCC(C)C1.I. The molecule has 0 amide bonds. The Morgan fingerprint density at radius 2 is 2.04 bits per heavy atom. The number of guanidine groups is 1. The van der Waals surface area contributed by atoms with E-state index in [1.54, 1.807) is 14.2 Å². The van der Waals surface area contributed by atoms with Crippen LogP contribution in [0.25, 0.3) is 0 Å². The van der Waals surface area contributed by atoms with Gasteiger partial charge in [-0.25, -0.2) is 0 Å². The zero-order valence-electron chi connectivity index (χ0n) is 14.5. The van der Waals surface area contributed by atoms with Crippen molar-refractivity contribution in [2.45, 2.75) is 26.3 Å². The molecule has 1 aliphatic heterocycles. The van der Waals surface area contributed by atoms with E-state index in [-0.39, 0.29) is 24.0 Å². The van der Waals surface area contributed by atoms with E-state index >= 15 is 0 Å². The van der Waals surface area contributed by atoms with Crippen LogP contribution in [-0.4, -0.2) is 45.2 Å². The van der Waals surface area contributed by atoms with Crippen molar-refractivity contribution in [3.05, 3.63) is 23.8 Å². The van der Waals surface area contributed by atoms with Gasteiger partial charge in [-0.2, -0.15) is 0 Å². The van der Waals surface area contributed by atoms with Crippen LogP contribution < -0.4 is 14.8 Å². The second-order valence-corrected chi connectivity index (χ2v) is 5.78. The molecule has 6 heteroatoms. The van der Waals surface area contributed by atoms with Crippen LogP contribution in [0.2, 0.25) is 0 Å². The third kappa shape index (κ3) is 5.44. The Balaban J connectivity index is 0.00000264. The summed E-state index contributed by atoms with van der Waals surface area (Å²) in [5.74, 6) is 3.21. The van der Waals surface area contributed by atoms with Gasteiger partial charge < -0.3 is 19.7 Å². The molecule has 1 atom stereocenters. The second-order valence-electron chi connectivity index (χ2n) is 5.78. The largest absolute Gasteiger partial charge is 0.493 e. The molecule has 0 spiro atoms. The number of ether oxygens (including phenoxy) is 2. The van der Waals surface area contributed by atoms with Gasteiger partial charge >= 0.3 is 0 Å². The zero-order valence-corrected chi connectivity index (χ0v) is 16.8. The van der Waals surface area contributed by atoms with E-state index in [9.17, 15) is 0 Å². The lowest BCUT2D eigenvalue weighted by atomic mass is 10.0. The maximum atomic E-state index is 5.35. The molecule has 1 unspecified atom stereocenters. The minimum Gasteiger partial charge on any atom is -0.493 e. The molecule has 2 rings (SSSR count). The summed E-state index contributed by atoms with van der Waals surface area (Å²) in [7, 11) is 5.15. The minimum atomic E-state index is 0. The van der Waals surface area contributed by atoms with E-state index in [1.807, 2.05) is 25.2 Å². The topological polar surface area (TPSA) is 46.1 Å². The third-order valence-corrected chi connectivity index (χ3v) is 4.07. The van der Waals surface area contributed by atoms with Crippen molar-refractivity contribution in [3.63, 3.8) is 0 Å². The number of aliphatic imine (C=N–C) groups is 1. The summed E-state index contributed by atoms with van der Waals surface area (Å²) in [5.41, 5.74) is 1.14. The predicted octanol–water partition coefficient (Wildman–Crippen LogP) is 3.13. The minimum absolute atomic E-state index is 0. The molecule has 1 aromatic carbocycles. The Bertz CT molecular complexity index is 523. The number of methoxy groups -OCH3 is 2. The van der Waals surface area contributed by atoms with Gasteiger partial charge in [0.2, 0.25) is 0 Å². The maximum absolute atomic E-state index is 5.35. The summed E-state index contributed by atoms with van der Waals surface area (Å²) in [5, 5.41) is 3.44. The lowest BCUT2D eigenvalue weighted by molar-refractivity contribution is 0.266. The number of piperidine rings is 1. The van der Waals surface area contributed by atoms with Crippen molar-refractivity contribution >= 4 is 29.9 Å². The van der Waals surface area contributed by atoms with E-state index in [0.29, 0.717) is 0 Å². The van der Waals surface area contributed by atoms with E-state index in [2.05, 4.69) is 22.1 Å². The number of benzene rings is 1. The lowest BCUT2D eigenvalue weighted by Crippen LogP contribution is -2.45. The number of rotatable bonds is 4. The molecule has 0 radical (unpaired) electrons. The standard InChI is InChI=1S/C17H27N3O2.HI/c1-13-6-5-9-20(12-13)17(18-2)19-11-14-7-8-15(21-3)16(10-14)22-4;/h7-8,10,13H,5-6,9,11-12H2,1-4H3,(H,18,19);1H. The smallest absolute Gasteiger partial charge is 0.193 e. The highest BCUT2D eigenvalue weighted by molar-refractivity contribution is 14.0. The predicted molar refractivity (Wildman–Crippen MR) is 105 cm³/mol. The van der Waals surface area contributed by atoms with Crippen molar-refractivity contribution in [1.29, 1.82) is 0 Å². The Morgan fingerprint density at radius 3 is 2.65 bits per heavy atom. The summed E-state index contributed by atoms with van der Waals surface area (Å²) in [4.78, 5) is 6.76. The fraction of sp³-hybridized carbons (Fsp3) is 0.588. The van der Waals surface area contributed by atoms with Gasteiger partial charge in [0.15, 0.2) is 17.5 Å². The number of nitrogens with one attached hydrogen (secondary N) is 1. The van der Waals surface area contributed by atoms with Crippen LogP contribution in [0.1, 0.15) is 25.3 Å².